The highest BCUT2D eigenvalue weighted by Crippen LogP contribution is 2.40. The number of aliphatic hydroxyl groups is 1. The zero-order valence-electron chi connectivity index (χ0n) is 21.5. The first-order valence-corrected chi connectivity index (χ1v) is 12.6. The fraction of sp³-hybridized carbons (Fsp3) is 0.423. The summed E-state index contributed by atoms with van der Waals surface area (Å²) in [5, 5.41) is 11.0. The molecule has 220 valence electrons. The third-order valence-electron chi connectivity index (χ3n) is 7.28. The maximum absolute atomic E-state index is 15.5. The molecule has 0 spiro atoms. The second-order valence-corrected chi connectivity index (χ2v) is 10.2. The molecule has 2 fully saturated rings. The highest BCUT2D eigenvalue weighted by molar-refractivity contribution is 5.97. The average molecular weight is 587 g/mol. The number of carbonyl (C=O) groups is 1. The van der Waals surface area contributed by atoms with Gasteiger partial charge in [-0.25, -0.2) is 22.5 Å². The minimum atomic E-state index is -4.84. The number of hydrogen-bond donors (Lipinski definition) is 2. The van der Waals surface area contributed by atoms with Gasteiger partial charge in [-0.2, -0.15) is 13.2 Å². The largest absolute Gasteiger partial charge is 0.408 e. The summed E-state index contributed by atoms with van der Waals surface area (Å²) in [6.45, 7) is 0.521. The summed E-state index contributed by atoms with van der Waals surface area (Å²) in [4.78, 5) is 33.7. The number of halogens is 7. The molecule has 1 aliphatic heterocycles. The first-order chi connectivity index (χ1) is 19.3. The number of benzene rings is 1. The van der Waals surface area contributed by atoms with Crippen LogP contribution in [0.5, 0.6) is 0 Å². The molecule has 2 aromatic heterocycles. The van der Waals surface area contributed by atoms with E-state index in [0.717, 1.165) is 0 Å². The van der Waals surface area contributed by atoms with Crippen LogP contribution in [0.2, 0.25) is 0 Å². The lowest BCUT2D eigenvalue weighted by molar-refractivity contribution is -0.158. The van der Waals surface area contributed by atoms with Gasteiger partial charge in [-0.05, 0) is 31.9 Å². The van der Waals surface area contributed by atoms with Gasteiger partial charge >= 0.3 is 6.18 Å². The number of fused-ring (bicyclic) bond motifs is 1. The molecule has 3 heterocycles. The van der Waals surface area contributed by atoms with Crippen molar-refractivity contribution in [2.75, 3.05) is 38.2 Å². The van der Waals surface area contributed by atoms with Crippen LogP contribution in [0, 0.1) is 29.2 Å². The standard InChI is InChI=1S/C26H24F7N5O3/c1-36-4-5-37(14(9-36)11-39)24-19(30)8-15-21(40)16(25(41)34-22(12-2-3-12)26(31,32)33)10-38(23(15)35-24)20-17(28)6-13(27)7-18(20)29/h6-8,10,12,14,22,39H,2-5,9,11H2,1H3,(H,34,41)/t14?,22-/m0/s1. The van der Waals surface area contributed by atoms with E-state index in [1.807, 2.05) is 4.90 Å². The van der Waals surface area contributed by atoms with Gasteiger partial charge in [0.25, 0.3) is 5.91 Å². The molecule has 1 saturated heterocycles. The maximum Gasteiger partial charge on any atom is 0.408 e. The average Bonchev–Trinajstić information content (AvgIpc) is 3.72. The summed E-state index contributed by atoms with van der Waals surface area (Å²) in [5.74, 6) is -8.09. The number of aromatic nitrogens is 2. The van der Waals surface area contributed by atoms with Crippen molar-refractivity contribution in [2.24, 2.45) is 5.92 Å². The summed E-state index contributed by atoms with van der Waals surface area (Å²) in [7, 11) is 1.78. The minimum Gasteiger partial charge on any atom is -0.394 e. The molecule has 5 rings (SSSR count). The summed E-state index contributed by atoms with van der Waals surface area (Å²) in [6, 6.07) is -1.60. The van der Waals surface area contributed by atoms with E-state index in [-0.39, 0.29) is 25.2 Å². The van der Waals surface area contributed by atoms with Gasteiger partial charge in [-0.1, -0.05) is 0 Å². The van der Waals surface area contributed by atoms with Crippen molar-refractivity contribution in [2.45, 2.75) is 31.1 Å². The molecule has 1 aliphatic carbocycles. The van der Waals surface area contributed by atoms with E-state index < -0.39 is 87.7 Å². The Morgan fingerprint density at radius 3 is 2.34 bits per heavy atom. The van der Waals surface area contributed by atoms with Gasteiger partial charge in [0.15, 0.2) is 28.9 Å². The number of amides is 1. The van der Waals surface area contributed by atoms with E-state index in [0.29, 0.717) is 42.1 Å². The Labute approximate surface area is 228 Å². The number of nitrogens with one attached hydrogen (secondary N) is 1. The van der Waals surface area contributed by atoms with Gasteiger partial charge in [0.1, 0.15) is 23.1 Å². The first kappa shape index (κ1) is 28.8. The lowest BCUT2D eigenvalue weighted by Gasteiger charge is -2.40. The Kier molecular flexibility index (Phi) is 7.44. The predicted molar refractivity (Wildman–Crippen MR) is 133 cm³/mol. The highest BCUT2D eigenvalue weighted by atomic mass is 19.4. The molecule has 0 bridgehead atoms. The van der Waals surface area contributed by atoms with E-state index in [4.69, 9.17) is 0 Å². The third-order valence-corrected chi connectivity index (χ3v) is 7.28. The first-order valence-electron chi connectivity index (χ1n) is 12.6. The fourth-order valence-electron chi connectivity index (χ4n) is 5.07. The number of carbonyl (C=O) groups excluding carboxylic acids is 1. The van der Waals surface area contributed by atoms with Crippen molar-refractivity contribution in [3.63, 3.8) is 0 Å². The molecule has 41 heavy (non-hydrogen) atoms. The molecule has 8 nitrogen and oxygen atoms in total. The molecule has 2 aliphatic rings. The lowest BCUT2D eigenvalue weighted by atomic mass is 10.1. The number of anilines is 1. The molecule has 1 aromatic carbocycles. The smallest absolute Gasteiger partial charge is 0.394 e. The molecule has 1 amide bonds. The summed E-state index contributed by atoms with van der Waals surface area (Å²) in [5.41, 5.74) is -3.74. The summed E-state index contributed by atoms with van der Waals surface area (Å²) < 4.78 is 100. The van der Waals surface area contributed by atoms with Crippen molar-refractivity contribution >= 4 is 22.8 Å². The van der Waals surface area contributed by atoms with Crippen LogP contribution in [0.25, 0.3) is 16.7 Å². The Morgan fingerprint density at radius 1 is 1.10 bits per heavy atom. The summed E-state index contributed by atoms with van der Waals surface area (Å²) in [6.07, 6.45) is -3.85. The van der Waals surface area contributed by atoms with Gasteiger partial charge < -0.3 is 20.2 Å². The fourth-order valence-corrected chi connectivity index (χ4v) is 5.07. The molecule has 3 aromatic rings. The molecule has 2 N–H and O–H groups in total. The molecule has 1 saturated carbocycles. The van der Waals surface area contributed by atoms with Crippen molar-refractivity contribution in [3.05, 3.63) is 63.5 Å². The van der Waals surface area contributed by atoms with Crippen LogP contribution < -0.4 is 15.6 Å². The van der Waals surface area contributed by atoms with E-state index in [2.05, 4.69) is 4.98 Å². The number of nitrogens with zero attached hydrogens (tertiary/aromatic N) is 4. The normalized spacial score (nSPS) is 19.0. The number of piperazine rings is 1. The molecule has 15 heteroatoms. The Balaban J connectivity index is 1.72. The molecular weight excluding hydrogens is 563 g/mol. The van der Waals surface area contributed by atoms with Crippen LogP contribution >= 0.6 is 0 Å². The second-order valence-electron chi connectivity index (χ2n) is 10.2. The van der Waals surface area contributed by atoms with Gasteiger partial charge in [0.05, 0.1) is 18.0 Å². The Hall–Kier alpha value is -3.72. The van der Waals surface area contributed by atoms with E-state index >= 15 is 4.39 Å². The molecule has 0 radical (unpaired) electrons. The van der Waals surface area contributed by atoms with E-state index in [9.17, 15) is 41.0 Å². The maximum atomic E-state index is 15.5. The quantitative estimate of drug-likeness (QED) is 0.431. The molecule has 2 atom stereocenters. The van der Waals surface area contributed by atoms with Crippen LogP contribution in [0.3, 0.4) is 0 Å². The third kappa shape index (κ3) is 5.47. The van der Waals surface area contributed by atoms with Gasteiger partial charge in [0.2, 0.25) is 5.43 Å². The zero-order valence-corrected chi connectivity index (χ0v) is 21.5. The van der Waals surface area contributed by atoms with Crippen molar-refractivity contribution in [3.8, 4) is 5.69 Å². The number of rotatable bonds is 6. The van der Waals surface area contributed by atoms with Crippen molar-refractivity contribution in [1.82, 2.24) is 19.8 Å². The number of aliphatic hydroxyl groups excluding tert-OH is 1. The molecular formula is C26H24F7N5O3. The lowest BCUT2D eigenvalue weighted by Crippen LogP contribution is -2.54. The number of pyridine rings is 2. The van der Waals surface area contributed by atoms with Crippen LogP contribution in [0.4, 0.5) is 36.6 Å². The van der Waals surface area contributed by atoms with E-state index in [1.165, 1.54) is 4.90 Å². The summed E-state index contributed by atoms with van der Waals surface area (Å²) >= 11 is 0. The Bertz CT molecular complexity index is 1550. The van der Waals surface area contributed by atoms with Gasteiger partial charge in [-0.3, -0.25) is 14.2 Å². The SMILES string of the molecule is CN1CCN(c2nc3c(cc2F)c(=O)c(C(=O)N[C@@H](C2CC2)C(F)(F)F)cn3-c2c(F)cc(F)cc2F)C(CO)C1. The highest BCUT2D eigenvalue weighted by Gasteiger charge is 2.50. The van der Waals surface area contributed by atoms with Crippen molar-refractivity contribution < 1.29 is 40.6 Å². The molecule has 1 unspecified atom stereocenters. The number of alkyl halides is 3. The van der Waals surface area contributed by atoms with E-state index in [1.54, 1.807) is 12.4 Å². The van der Waals surface area contributed by atoms with Crippen LogP contribution in [0.15, 0.2) is 29.2 Å². The minimum absolute atomic E-state index is 0.182. The predicted octanol–water partition coefficient (Wildman–Crippen LogP) is 3.13. The topological polar surface area (TPSA) is 90.7 Å². The van der Waals surface area contributed by atoms with Crippen molar-refractivity contribution in [1.29, 1.82) is 0 Å². The van der Waals surface area contributed by atoms with Gasteiger partial charge in [0, 0.05) is 38.0 Å². The van der Waals surface area contributed by atoms with Gasteiger partial charge in [-0.15, -0.1) is 0 Å². The van der Waals surface area contributed by atoms with Crippen LogP contribution in [-0.4, -0.2) is 77.0 Å². The zero-order chi connectivity index (χ0) is 29.8. The second kappa shape index (κ2) is 10.6. The van der Waals surface area contributed by atoms with Crippen LogP contribution in [-0.2, 0) is 0 Å². The monoisotopic (exact) mass is 587 g/mol. The number of likely N-dealkylation sites (N-methyl/N-ethyl adjacent to an activating group) is 1. The van der Waals surface area contributed by atoms with Crippen LogP contribution in [0.1, 0.15) is 23.2 Å². The number of hydrogen-bond acceptors (Lipinski definition) is 6. The Morgan fingerprint density at radius 2 is 1.76 bits per heavy atom.